The molecule has 0 bridgehead atoms. The third kappa shape index (κ3) is 5.23. The van der Waals surface area contributed by atoms with E-state index in [9.17, 15) is 9.59 Å². The van der Waals surface area contributed by atoms with Crippen LogP contribution in [0.5, 0.6) is 0 Å². The number of carbonyl (C=O) groups is 2. The van der Waals surface area contributed by atoms with Crippen LogP contribution in [0.15, 0.2) is 83.5 Å². The van der Waals surface area contributed by atoms with Gasteiger partial charge >= 0.3 is 0 Å². The summed E-state index contributed by atoms with van der Waals surface area (Å²) in [6.07, 6.45) is 1.57. The van der Waals surface area contributed by atoms with Gasteiger partial charge in [-0.15, -0.1) is 0 Å². The minimum Gasteiger partial charge on any atom is -0.463 e. The minimum atomic E-state index is -0.595. The molecule has 8 heteroatoms. The highest BCUT2D eigenvalue weighted by atomic mass is 16.3. The molecule has 184 valence electrons. The van der Waals surface area contributed by atoms with Gasteiger partial charge in [-0.2, -0.15) is 5.10 Å². The number of nitrogens with one attached hydrogen (secondary N) is 3. The van der Waals surface area contributed by atoms with Crippen molar-refractivity contribution in [3.8, 4) is 22.6 Å². The van der Waals surface area contributed by atoms with Gasteiger partial charge < -0.3 is 15.1 Å². The van der Waals surface area contributed by atoms with Crippen molar-refractivity contribution >= 4 is 17.6 Å². The lowest BCUT2D eigenvalue weighted by Gasteiger charge is -2.34. The van der Waals surface area contributed by atoms with Crippen LogP contribution in [0.3, 0.4) is 0 Å². The number of furan rings is 1. The highest BCUT2D eigenvalue weighted by Crippen LogP contribution is 2.26. The second kappa shape index (κ2) is 10.2. The smallest absolute Gasteiger partial charge is 0.229 e. The summed E-state index contributed by atoms with van der Waals surface area (Å²) >= 11 is 0. The van der Waals surface area contributed by atoms with E-state index in [0.717, 1.165) is 16.7 Å². The standard InChI is InChI=1S/C28H29N5O3/c1-18(2)22-17-27(35)31-28(29-22)33-25(16-23(32-33)24-9-6-14-36-24)30-26(34)15-19-10-12-21(13-11-19)20-7-4-3-5-8-20/h3-14,16,18,22,28-29H,15,17H2,1-2H3,(H,30,34)(H,31,35). The zero-order chi connectivity index (χ0) is 25.1. The lowest BCUT2D eigenvalue weighted by atomic mass is 9.99. The lowest BCUT2D eigenvalue weighted by molar-refractivity contribution is -0.126. The van der Waals surface area contributed by atoms with E-state index in [1.807, 2.05) is 42.5 Å². The Balaban J connectivity index is 1.35. The average Bonchev–Trinajstić information content (AvgIpc) is 3.55. The van der Waals surface area contributed by atoms with Crippen LogP contribution in [0, 0.1) is 5.92 Å². The van der Waals surface area contributed by atoms with Crippen LogP contribution in [-0.2, 0) is 16.0 Å². The van der Waals surface area contributed by atoms with Gasteiger partial charge in [-0.25, -0.2) is 4.68 Å². The molecule has 2 amide bonds. The van der Waals surface area contributed by atoms with Crippen LogP contribution in [0.25, 0.3) is 22.6 Å². The van der Waals surface area contributed by atoms with Crippen LogP contribution in [0.4, 0.5) is 5.82 Å². The van der Waals surface area contributed by atoms with Crippen molar-refractivity contribution in [1.82, 2.24) is 20.4 Å². The number of anilines is 1. The highest BCUT2D eigenvalue weighted by Gasteiger charge is 2.31. The molecule has 1 aliphatic heterocycles. The monoisotopic (exact) mass is 483 g/mol. The van der Waals surface area contributed by atoms with E-state index in [4.69, 9.17) is 4.42 Å². The summed E-state index contributed by atoms with van der Waals surface area (Å²) in [6, 6.07) is 23.4. The first-order valence-electron chi connectivity index (χ1n) is 12.1. The third-order valence-corrected chi connectivity index (χ3v) is 6.33. The molecule has 3 N–H and O–H groups in total. The molecule has 1 aliphatic rings. The van der Waals surface area contributed by atoms with Crippen LogP contribution in [-0.4, -0.2) is 27.6 Å². The minimum absolute atomic E-state index is 0.00769. The highest BCUT2D eigenvalue weighted by molar-refractivity contribution is 5.92. The Hall–Kier alpha value is -4.17. The molecule has 2 unspecified atom stereocenters. The van der Waals surface area contributed by atoms with Crippen molar-refractivity contribution in [2.75, 3.05) is 5.32 Å². The van der Waals surface area contributed by atoms with Gasteiger partial charge in [0.25, 0.3) is 0 Å². The lowest BCUT2D eigenvalue weighted by Crippen LogP contribution is -2.55. The molecule has 0 radical (unpaired) electrons. The van der Waals surface area contributed by atoms with E-state index in [-0.39, 0.29) is 30.2 Å². The van der Waals surface area contributed by atoms with Crippen LogP contribution < -0.4 is 16.0 Å². The molecular formula is C28H29N5O3. The first-order valence-corrected chi connectivity index (χ1v) is 12.1. The number of aromatic nitrogens is 2. The summed E-state index contributed by atoms with van der Waals surface area (Å²) in [4.78, 5) is 25.4. The van der Waals surface area contributed by atoms with Gasteiger partial charge in [-0.1, -0.05) is 68.4 Å². The van der Waals surface area contributed by atoms with E-state index in [1.165, 1.54) is 0 Å². The molecule has 0 spiro atoms. The van der Waals surface area contributed by atoms with Gasteiger partial charge in [-0.05, 0) is 34.7 Å². The van der Waals surface area contributed by atoms with E-state index in [1.54, 1.807) is 29.1 Å². The number of hydrogen-bond acceptors (Lipinski definition) is 5. The van der Waals surface area contributed by atoms with Gasteiger partial charge in [-0.3, -0.25) is 14.9 Å². The fourth-order valence-electron chi connectivity index (χ4n) is 4.32. The van der Waals surface area contributed by atoms with Crippen LogP contribution in [0.2, 0.25) is 0 Å². The Morgan fingerprint density at radius 3 is 2.53 bits per heavy atom. The van der Waals surface area contributed by atoms with Crippen molar-refractivity contribution in [1.29, 1.82) is 0 Å². The van der Waals surface area contributed by atoms with Gasteiger partial charge in [0.2, 0.25) is 11.8 Å². The van der Waals surface area contributed by atoms with E-state index in [2.05, 4.69) is 47.0 Å². The fourth-order valence-corrected chi connectivity index (χ4v) is 4.32. The topological polar surface area (TPSA) is 101 Å². The Kier molecular flexibility index (Phi) is 6.69. The molecule has 3 heterocycles. The van der Waals surface area contributed by atoms with Crippen molar-refractivity contribution in [3.63, 3.8) is 0 Å². The predicted octanol–water partition coefficient (Wildman–Crippen LogP) is 4.58. The third-order valence-electron chi connectivity index (χ3n) is 6.33. The van der Waals surface area contributed by atoms with Gasteiger partial charge in [0.05, 0.1) is 12.7 Å². The molecule has 5 rings (SSSR count). The van der Waals surface area contributed by atoms with E-state index >= 15 is 0 Å². The van der Waals surface area contributed by atoms with Crippen LogP contribution in [0.1, 0.15) is 32.1 Å². The summed E-state index contributed by atoms with van der Waals surface area (Å²) in [5, 5.41) is 14.0. The zero-order valence-corrected chi connectivity index (χ0v) is 20.3. The predicted molar refractivity (Wildman–Crippen MR) is 138 cm³/mol. The van der Waals surface area contributed by atoms with Gasteiger partial charge in [0, 0.05) is 18.5 Å². The Morgan fingerprint density at radius 1 is 1.08 bits per heavy atom. The normalized spacial score (nSPS) is 17.7. The molecule has 8 nitrogen and oxygen atoms in total. The largest absolute Gasteiger partial charge is 0.463 e. The average molecular weight is 484 g/mol. The SMILES string of the molecule is CC(C)C1CC(=O)NC(n2nc(-c3ccco3)cc2NC(=O)Cc2ccc(-c3ccccc3)cc2)N1. The number of hydrogen-bond donors (Lipinski definition) is 3. The van der Waals surface area contributed by atoms with Crippen molar-refractivity contribution in [2.24, 2.45) is 5.92 Å². The molecule has 0 aliphatic carbocycles. The zero-order valence-electron chi connectivity index (χ0n) is 20.3. The molecule has 36 heavy (non-hydrogen) atoms. The summed E-state index contributed by atoms with van der Waals surface area (Å²) in [7, 11) is 0. The molecule has 2 aromatic carbocycles. The second-order valence-corrected chi connectivity index (χ2v) is 9.32. The van der Waals surface area contributed by atoms with E-state index in [0.29, 0.717) is 23.7 Å². The Labute approximate surface area is 209 Å². The van der Waals surface area contributed by atoms with Crippen molar-refractivity contribution in [2.45, 2.75) is 39.0 Å². The van der Waals surface area contributed by atoms with Crippen LogP contribution >= 0.6 is 0 Å². The number of carbonyl (C=O) groups excluding carboxylic acids is 2. The molecule has 2 aromatic heterocycles. The van der Waals surface area contributed by atoms with Gasteiger partial charge in [0.15, 0.2) is 12.0 Å². The molecule has 4 aromatic rings. The second-order valence-electron chi connectivity index (χ2n) is 9.32. The maximum atomic E-state index is 13.0. The first-order chi connectivity index (χ1) is 17.5. The molecule has 0 saturated carbocycles. The van der Waals surface area contributed by atoms with Gasteiger partial charge in [0.1, 0.15) is 11.5 Å². The van der Waals surface area contributed by atoms with E-state index < -0.39 is 6.29 Å². The number of rotatable bonds is 7. The Bertz CT molecular complexity index is 1330. The van der Waals surface area contributed by atoms with Crippen molar-refractivity contribution < 1.29 is 14.0 Å². The number of amides is 2. The maximum absolute atomic E-state index is 13.0. The quantitative estimate of drug-likeness (QED) is 0.357. The summed E-state index contributed by atoms with van der Waals surface area (Å²) in [6.45, 7) is 4.13. The summed E-state index contributed by atoms with van der Waals surface area (Å²) in [5.74, 6) is 1.05. The summed E-state index contributed by atoms with van der Waals surface area (Å²) < 4.78 is 7.11. The molecule has 1 saturated heterocycles. The number of benzene rings is 2. The molecular weight excluding hydrogens is 454 g/mol. The first kappa shape index (κ1) is 23.6. The Morgan fingerprint density at radius 2 is 1.83 bits per heavy atom. The fraction of sp³-hybridized carbons (Fsp3) is 0.250. The number of nitrogens with zero attached hydrogens (tertiary/aromatic N) is 2. The molecule has 2 atom stereocenters. The van der Waals surface area contributed by atoms with Crippen molar-refractivity contribution in [3.05, 3.63) is 84.6 Å². The summed E-state index contributed by atoms with van der Waals surface area (Å²) in [5.41, 5.74) is 3.68. The maximum Gasteiger partial charge on any atom is 0.229 e. The molecule has 1 fully saturated rings.